The molecule has 0 bridgehead atoms. The SMILES string of the molecule is CN(C)Cc1ccc(CNC(=O)c2ccc(CNC(N)=O)cc2)cc1. The topological polar surface area (TPSA) is 87.5 Å². The number of rotatable bonds is 7. The smallest absolute Gasteiger partial charge is 0.312 e. The molecule has 0 aromatic heterocycles. The van der Waals surface area contributed by atoms with Crippen LogP contribution in [0, 0.1) is 0 Å². The summed E-state index contributed by atoms with van der Waals surface area (Å²) in [5.74, 6) is -0.133. The molecule has 0 atom stereocenters. The van der Waals surface area contributed by atoms with E-state index in [9.17, 15) is 9.59 Å². The maximum Gasteiger partial charge on any atom is 0.312 e. The molecule has 0 aliphatic heterocycles. The Morgan fingerprint density at radius 1 is 0.840 bits per heavy atom. The second-order valence-corrected chi connectivity index (χ2v) is 6.15. The lowest BCUT2D eigenvalue weighted by atomic mass is 10.1. The maximum absolute atomic E-state index is 12.2. The monoisotopic (exact) mass is 340 g/mol. The van der Waals surface area contributed by atoms with E-state index in [-0.39, 0.29) is 5.91 Å². The summed E-state index contributed by atoms with van der Waals surface area (Å²) >= 11 is 0. The van der Waals surface area contributed by atoms with Crippen molar-refractivity contribution in [3.05, 3.63) is 70.8 Å². The first kappa shape index (κ1) is 18.5. The summed E-state index contributed by atoms with van der Waals surface area (Å²) in [5, 5.41) is 5.41. The van der Waals surface area contributed by atoms with E-state index in [1.54, 1.807) is 24.3 Å². The molecule has 3 amide bonds. The highest BCUT2D eigenvalue weighted by atomic mass is 16.2. The highest BCUT2D eigenvalue weighted by Gasteiger charge is 2.06. The molecule has 0 unspecified atom stereocenters. The van der Waals surface area contributed by atoms with E-state index in [4.69, 9.17) is 5.73 Å². The van der Waals surface area contributed by atoms with Crippen LogP contribution in [0.2, 0.25) is 0 Å². The fourth-order valence-electron chi connectivity index (χ4n) is 2.38. The van der Waals surface area contributed by atoms with Crippen LogP contribution in [-0.2, 0) is 19.6 Å². The lowest BCUT2D eigenvalue weighted by molar-refractivity contribution is 0.0951. The van der Waals surface area contributed by atoms with Crippen molar-refractivity contribution in [2.24, 2.45) is 5.73 Å². The minimum absolute atomic E-state index is 0.133. The van der Waals surface area contributed by atoms with Crippen LogP contribution >= 0.6 is 0 Å². The molecule has 0 saturated carbocycles. The van der Waals surface area contributed by atoms with Crippen molar-refractivity contribution in [3.8, 4) is 0 Å². The molecule has 4 N–H and O–H groups in total. The molecule has 25 heavy (non-hydrogen) atoms. The number of urea groups is 1. The van der Waals surface area contributed by atoms with Gasteiger partial charge in [0.05, 0.1) is 0 Å². The van der Waals surface area contributed by atoms with Crippen LogP contribution in [0.4, 0.5) is 4.79 Å². The molecule has 2 aromatic carbocycles. The number of nitrogens with zero attached hydrogens (tertiary/aromatic N) is 1. The third-order valence-electron chi connectivity index (χ3n) is 3.66. The van der Waals surface area contributed by atoms with Crippen molar-refractivity contribution in [1.29, 1.82) is 0 Å². The Morgan fingerprint density at radius 2 is 1.32 bits per heavy atom. The van der Waals surface area contributed by atoms with Crippen LogP contribution in [0.15, 0.2) is 48.5 Å². The molecule has 0 radical (unpaired) electrons. The average molecular weight is 340 g/mol. The molecule has 2 aromatic rings. The van der Waals surface area contributed by atoms with Gasteiger partial charge in [-0.1, -0.05) is 36.4 Å². The Balaban J connectivity index is 1.86. The van der Waals surface area contributed by atoms with Crippen LogP contribution in [0.5, 0.6) is 0 Å². The van der Waals surface area contributed by atoms with Gasteiger partial charge in [0.15, 0.2) is 0 Å². The van der Waals surface area contributed by atoms with Crippen molar-refractivity contribution in [2.75, 3.05) is 14.1 Å². The molecule has 6 heteroatoms. The second-order valence-electron chi connectivity index (χ2n) is 6.15. The van der Waals surface area contributed by atoms with E-state index < -0.39 is 6.03 Å². The van der Waals surface area contributed by atoms with Crippen molar-refractivity contribution in [1.82, 2.24) is 15.5 Å². The minimum Gasteiger partial charge on any atom is -0.352 e. The zero-order valence-corrected chi connectivity index (χ0v) is 14.6. The molecular formula is C19H24N4O2. The minimum atomic E-state index is -0.571. The lowest BCUT2D eigenvalue weighted by Crippen LogP contribution is -2.28. The van der Waals surface area contributed by atoms with Gasteiger partial charge < -0.3 is 21.3 Å². The summed E-state index contributed by atoms with van der Waals surface area (Å²) in [6, 6.07) is 14.7. The normalized spacial score (nSPS) is 10.5. The zero-order chi connectivity index (χ0) is 18.2. The maximum atomic E-state index is 12.2. The van der Waals surface area contributed by atoms with E-state index in [1.807, 2.05) is 26.2 Å². The van der Waals surface area contributed by atoms with Gasteiger partial charge in [-0.05, 0) is 42.9 Å². The fourth-order valence-corrected chi connectivity index (χ4v) is 2.38. The number of carbonyl (C=O) groups is 2. The van der Waals surface area contributed by atoms with Gasteiger partial charge in [0.2, 0.25) is 0 Å². The summed E-state index contributed by atoms with van der Waals surface area (Å²) < 4.78 is 0. The van der Waals surface area contributed by atoms with Gasteiger partial charge in [-0.15, -0.1) is 0 Å². The molecule has 132 valence electrons. The Kier molecular flexibility index (Phi) is 6.54. The first-order valence-corrected chi connectivity index (χ1v) is 8.07. The van der Waals surface area contributed by atoms with Crippen LogP contribution in [0.3, 0.4) is 0 Å². The third-order valence-corrected chi connectivity index (χ3v) is 3.66. The summed E-state index contributed by atoms with van der Waals surface area (Å²) in [5.41, 5.74) is 8.78. The Bertz CT molecular complexity index is 709. The van der Waals surface area contributed by atoms with Gasteiger partial charge in [-0.25, -0.2) is 4.79 Å². The summed E-state index contributed by atoms with van der Waals surface area (Å²) in [7, 11) is 4.06. The van der Waals surface area contributed by atoms with E-state index in [1.165, 1.54) is 5.56 Å². The molecule has 0 aliphatic carbocycles. The predicted octanol–water partition coefficient (Wildman–Crippen LogP) is 1.85. The van der Waals surface area contributed by atoms with Gasteiger partial charge in [-0.2, -0.15) is 0 Å². The molecule has 0 aliphatic rings. The fraction of sp³-hybridized carbons (Fsp3) is 0.263. The number of amides is 3. The number of carbonyl (C=O) groups excluding carboxylic acids is 2. The highest BCUT2D eigenvalue weighted by Crippen LogP contribution is 2.08. The van der Waals surface area contributed by atoms with E-state index >= 15 is 0 Å². The van der Waals surface area contributed by atoms with Gasteiger partial charge >= 0.3 is 6.03 Å². The summed E-state index contributed by atoms with van der Waals surface area (Å²) in [6.45, 7) is 1.71. The standard InChI is InChI=1S/C19H24N4O2/c1-23(2)13-16-5-3-14(4-6-16)11-21-18(24)17-9-7-15(8-10-17)12-22-19(20)25/h3-10H,11-13H2,1-2H3,(H,21,24)(H3,20,22,25). The van der Waals surface area contributed by atoms with Gasteiger partial charge in [0.1, 0.15) is 0 Å². The van der Waals surface area contributed by atoms with E-state index in [2.05, 4.69) is 27.7 Å². The molecule has 6 nitrogen and oxygen atoms in total. The van der Waals surface area contributed by atoms with Crippen molar-refractivity contribution >= 4 is 11.9 Å². The molecule has 2 rings (SSSR count). The van der Waals surface area contributed by atoms with Gasteiger partial charge in [-0.3, -0.25) is 4.79 Å². The zero-order valence-electron chi connectivity index (χ0n) is 14.6. The van der Waals surface area contributed by atoms with E-state index in [0.29, 0.717) is 18.7 Å². The van der Waals surface area contributed by atoms with Crippen molar-refractivity contribution in [2.45, 2.75) is 19.6 Å². The molecule has 0 spiro atoms. The van der Waals surface area contributed by atoms with Gasteiger partial charge in [0.25, 0.3) is 5.91 Å². The van der Waals surface area contributed by atoms with Crippen LogP contribution in [0.25, 0.3) is 0 Å². The number of primary amides is 1. The van der Waals surface area contributed by atoms with Gasteiger partial charge in [0, 0.05) is 25.2 Å². The first-order valence-electron chi connectivity index (χ1n) is 8.07. The quantitative estimate of drug-likeness (QED) is 0.719. The van der Waals surface area contributed by atoms with Crippen molar-refractivity contribution < 1.29 is 9.59 Å². The largest absolute Gasteiger partial charge is 0.352 e. The molecule has 0 heterocycles. The predicted molar refractivity (Wildman–Crippen MR) is 97.9 cm³/mol. The van der Waals surface area contributed by atoms with Crippen LogP contribution in [0.1, 0.15) is 27.0 Å². The van der Waals surface area contributed by atoms with Crippen LogP contribution < -0.4 is 16.4 Å². The molecule has 0 fully saturated rings. The van der Waals surface area contributed by atoms with Crippen molar-refractivity contribution in [3.63, 3.8) is 0 Å². The Hall–Kier alpha value is -2.86. The average Bonchev–Trinajstić information content (AvgIpc) is 2.59. The van der Waals surface area contributed by atoms with E-state index in [0.717, 1.165) is 17.7 Å². The Morgan fingerprint density at radius 3 is 1.84 bits per heavy atom. The highest BCUT2D eigenvalue weighted by molar-refractivity contribution is 5.94. The third kappa shape index (κ3) is 6.27. The Labute approximate surface area is 148 Å². The number of nitrogens with one attached hydrogen (secondary N) is 2. The lowest BCUT2D eigenvalue weighted by Gasteiger charge is -2.10. The first-order chi connectivity index (χ1) is 11.9. The summed E-state index contributed by atoms with van der Waals surface area (Å²) in [4.78, 5) is 25.0. The number of nitrogens with two attached hydrogens (primary N) is 1. The second kappa shape index (κ2) is 8.84. The number of benzene rings is 2. The van der Waals surface area contributed by atoms with Crippen LogP contribution in [-0.4, -0.2) is 30.9 Å². The number of hydrogen-bond donors (Lipinski definition) is 3. The molecular weight excluding hydrogens is 316 g/mol. The number of hydrogen-bond acceptors (Lipinski definition) is 3. The summed E-state index contributed by atoms with van der Waals surface area (Å²) in [6.07, 6.45) is 0. The molecule has 0 saturated heterocycles.